The van der Waals surface area contributed by atoms with Gasteiger partial charge in [0, 0.05) is 12.6 Å². The SMILES string of the molecule is Cc1cc(C)c(OCC(O)CN2CCCCC2C)c(C)c1.Cl. The van der Waals surface area contributed by atoms with Gasteiger partial charge in [-0.15, -0.1) is 12.4 Å². The summed E-state index contributed by atoms with van der Waals surface area (Å²) in [4.78, 5) is 2.38. The Morgan fingerprint density at radius 1 is 1.23 bits per heavy atom. The number of hydrogen-bond acceptors (Lipinski definition) is 3. The van der Waals surface area contributed by atoms with Gasteiger partial charge in [0.15, 0.2) is 0 Å². The summed E-state index contributed by atoms with van der Waals surface area (Å²) < 4.78 is 5.88. The molecule has 0 spiro atoms. The number of likely N-dealkylation sites (tertiary alicyclic amines) is 1. The molecular weight excluding hydrogens is 298 g/mol. The van der Waals surface area contributed by atoms with Crippen LogP contribution in [-0.2, 0) is 0 Å². The number of aliphatic hydroxyl groups excluding tert-OH is 1. The van der Waals surface area contributed by atoms with Crippen molar-refractivity contribution in [3.05, 3.63) is 28.8 Å². The minimum atomic E-state index is -0.425. The molecule has 1 fully saturated rings. The number of nitrogens with zero attached hydrogens (tertiary/aromatic N) is 1. The molecule has 1 aromatic carbocycles. The molecule has 4 heteroatoms. The van der Waals surface area contributed by atoms with Gasteiger partial charge in [0.1, 0.15) is 18.5 Å². The largest absolute Gasteiger partial charge is 0.490 e. The molecule has 1 aliphatic heterocycles. The molecule has 3 nitrogen and oxygen atoms in total. The number of β-amino-alcohol motifs (C(OH)–C–C–N with tert-alkyl or cyclic N) is 1. The summed E-state index contributed by atoms with van der Waals surface area (Å²) in [6.07, 6.45) is 3.37. The molecule has 1 N–H and O–H groups in total. The third-order valence-electron chi connectivity index (χ3n) is 4.41. The van der Waals surface area contributed by atoms with Gasteiger partial charge in [-0.05, 0) is 58.2 Å². The van der Waals surface area contributed by atoms with Crippen molar-refractivity contribution in [1.82, 2.24) is 4.90 Å². The molecular formula is C18H30ClNO2. The number of aliphatic hydroxyl groups is 1. The van der Waals surface area contributed by atoms with E-state index in [1.807, 2.05) is 0 Å². The van der Waals surface area contributed by atoms with Crippen molar-refractivity contribution >= 4 is 12.4 Å². The molecule has 2 rings (SSSR count). The van der Waals surface area contributed by atoms with E-state index in [4.69, 9.17) is 4.74 Å². The molecule has 0 saturated carbocycles. The van der Waals surface area contributed by atoms with Gasteiger partial charge in [-0.3, -0.25) is 4.90 Å². The monoisotopic (exact) mass is 327 g/mol. The van der Waals surface area contributed by atoms with Crippen LogP contribution in [0.2, 0.25) is 0 Å². The number of rotatable bonds is 5. The van der Waals surface area contributed by atoms with E-state index in [-0.39, 0.29) is 12.4 Å². The number of hydrogen-bond donors (Lipinski definition) is 1. The maximum absolute atomic E-state index is 10.3. The van der Waals surface area contributed by atoms with E-state index >= 15 is 0 Å². The Hall–Kier alpha value is -0.770. The molecule has 1 aromatic rings. The van der Waals surface area contributed by atoms with Gasteiger partial charge in [-0.1, -0.05) is 24.1 Å². The van der Waals surface area contributed by atoms with E-state index in [0.29, 0.717) is 19.2 Å². The van der Waals surface area contributed by atoms with Crippen LogP contribution in [0.15, 0.2) is 12.1 Å². The second-order valence-corrected chi connectivity index (χ2v) is 6.53. The normalized spacial score (nSPS) is 20.3. The van der Waals surface area contributed by atoms with Crippen LogP contribution in [0.4, 0.5) is 0 Å². The van der Waals surface area contributed by atoms with Crippen LogP contribution in [0.1, 0.15) is 42.9 Å². The quantitative estimate of drug-likeness (QED) is 0.896. The van der Waals surface area contributed by atoms with Gasteiger partial charge in [0.05, 0.1) is 0 Å². The fourth-order valence-corrected chi connectivity index (χ4v) is 3.33. The van der Waals surface area contributed by atoms with Gasteiger partial charge in [-0.2, -0.15) is 0 Å². The summed E-state index contributed by atoms with van der Waals surface area (Å²) in [5, 5.41) is 10.3. The van der Waals surface area contributed by atoms with Crippen LogP contribution in [0.3, 0.4) is 0 Å². The zero-order valence-corrected chi connectivity index (χ0v) is 15.1. The number of halogens is 1. The molecule has 2 unspecified atom stereocenters. The lowest BCUT2D eigenvalue weighted by molar-refractivity contribution is 0.0434. The fraction of sp³-hybridized carbons (Fsp3) is 0.667. The van der Waals surface area contributed by atoms with Crippen molar-refractivity contribution in [2.24, 2.45) is 0 Å². The van der Waals surface area contributed by atoms with Crippen molar-refractivity contribution in [1.29, 1.82) is 0 Å². The topological polar surface area (TPSA) is 32.7 Å². The lowest BCUT2D eigenvalue weighted by atomic mass is 10.0. The van der Waals surface area contributed by atoms with E-state index in [9.17, 15) is 5.11 Å². The molecule has 126 valence electrons. The highest BCUT2D eigenvalue weighted by Gasteiger charge is 2.21. The smallest absolute Gasteiger partial charge is 0.125 e. The molecule has 0 amide bonds. The summed E-state index contributed by atoms with van der Waals surface area (Å²) in [7, 11) is 0. The molecule has 0 bridgehead atoms. The molecule has 22 heavy (non-hydrogen) atoms. The number of aryl methyl sites for hydroxylation is 3. The highest BCUT2D eigenvalue weighted by molar-refractivity contribution is 5.85. The number of piperidine rings is 1. The lowest BCUT2D eigenvalue weighted by Crippen LogP contribution is -2.43. The van der Waals surface area contributed by atoms with Gasteiger partial charge in [-0.25, -0.2) is 0 Å². The Morgan fingerprint density at radius 3 is 2.45 bits per heavy atom. The minimum Gasteiger partial charge on any atom is -0.490 e. The maximum Gasteiger partial charge on any atom is 0.125 e. The van der Waals surface area contributed by atoms with Crippen LogP contribution in [-0.4, -0.2) is 41.8 Å². The molecule has 1 saturated heterocycles. The van der Waals surface area contributed by atoms with Gasteiger partial charge in [0.25, 0.3) is 0 Å². The van der Waals surface area contributed by atoms with E-state index in [2.05, 4.69) is 44.7 Å². The Labute approximate surface area is 141 Å². The highest BCUT2D eigenvalue weighted by Crippen LogP contribution is 2.25. The van der Waals surface area contributed by atoms with Crippen molar-refractivity contribution in [2.75, 3.05) is 19.7 Å². The predicted molar refractivity (Wildman–Crippen MR) is 94.3 cm³/mol. The average Bonchev–Trinajstić information content (AvgIpc) is 2.40. The zero-order chi connectivity index (χ0) is 15.4. The van der Waals surface area contributed by atoms with Crippen LogP contribution >= 0.6 is 12.4 Å². The maximum atomic E-state index is 10.3. The van der Waals surface area contributed by atoms with Crippen molar-refractivity contribution < 1.29 is 9.84 Å². The summed E-state index contributed by atoms with van der Waals surface area (Å²) in [5.74, 6) is 0.923. The zero-order valence-electron chi connectivity index (χ0n) is 14.3. The van der Waals surface area contributed by atoms with E-state index in [0.717, 1.165) is 23.4 Å². The predicted octanol–water partition coefficient (Wildman–Crippen LogP) is 3.65. The van der Waals surface area contributed by atoms with Crippen molar-refractivity contribution in [3.8, 4) is 5.75 Å². The molecule has 0 aliphatic carbocycles. The fourth-order valence-electron chi connectivity index (χ4n) is 3.33. The minimum absolute atomic E-state index is 0. The Bertz CT molecular complexity index is 455. The first-order chi connectivity index (χ1) is 9.97. The van der Waals surface area contributed by atoms with Gasteiger partial charge in [0.2, 0.25) is 0 Å². The van der Waals surface area contributed by atoms with Crippen LogP contribution in [0.25, 0.3) is 0 Å². The van der Waals surface area contributed by atoms with Crippen LogP contribution in [0.5, 0.6) is 5.75 Å². The number of ether oxygens (including phenoxy) is 1. The first-order valence-corrected chi connectivity index (χ1v) is 8.10. The molecule has 0 radical (unpaired) electrons. The Morgan fingerprint density at radius 2 is 1.86 bits per heavy atom. The summed E-state index contributed by atoms with van der Waals surface area (Å²) in [5.41, 5.74) is 3.54. The van der Waals surface area contributed by atoms with Gasteiger partial charge < -0.3 is 9.84 Å². The van der Waals surface area contributed by atoms with Gasteiger partial charge >= 0.3 is 0 Å². The number of benzene rings is 1. The first-order valence-electron chi connectivity index (χ1n) is 8.10. The standard InChI is InChI=1S/C18H29NO2.ClH/c1-13-9-14(2)18(15(3)10-13)21-12-17(20)11-19-8-6-5-7-16(19)4;/h9-10,16-17,20H,5-8,11-12H2,1-4H3;1H. The van der Waals surface area contributed by atoms with E-state index in [1.165, 1.54) is 24.8 Å². The average molecular weight is 328 g/mol. The summed E-state index contributed by atoms with van der Waals surface area (Å²) in [6.45, 7) is 10.7. The highest BCUT2D eigenvalue weighted by atomic mass is 35.5. The van der Waals surface area contributed by atoms with Crippen molar-refractivity contribution in [3.63, 3.8) is 0 Å². The third-order valence-corrected chi connectivity index (χ3v) is 4.41. The lowest BCUT2D eigenvalue weighted by Gasteiger charge is -2.34. The van der Waals surface area contributed by atoms with Crippen molar-refractivity contribution in [2.45, 2.75) is 59.1 Å². The van der Waals surface area contributed by atoms with E-state index < -0.39 is 6.10 Å². The van der Waals surface area contributed by atoms with E-state index in [1.54, 1.807) is 0 Å². The summed E-state index contributed by atoms with van der Waals surface area (Å²) >= 11 is 0. The van der Waals surface area contributed by atoms with Crippen LogP contribution in [0, 0.1) is 20.8 Å². The molecule has 2 atom stereocenters. The second kappa shape index (κ2) is 8.76. The summed E-state index contributed by atoms with van der Waals surface area (Å²) in [6, 6.07) is 4.83. The molecule has 1 heterocycles. The third kappa shape index (κ3) is 5.15. The Kier molecular flexibility index (Phi) is 7.67. The molecule has 0 aromatic heterocycles. The first kappa shape index (κ1) is 19.3. The molecule has 1 aliphatic rings. The Balaban J connectivity index is 0.00000242. The second-order valence-electron chi connectivity index (χ2n) is 6.53. The van der Waals surface area contributed by atoms with Crippen LogP contribution < -0.4 is 4.74 Å².